The molecule has 5 heterocycles. The Balaban J connectivity index is 0.000000121. The van der Waals surface area contributed by atoms with Crippen LogP contribution in [0, 0.1) is 13.8 Å². The van der Waals surface area contributed by atoms with Crippen molar-refractivity contribution in [2.45, 2.75) is 127 Å². The van der Waals surface area contributed by atoms with Gasteiger partial charge in [-0.25, -0.2) is 0 Å². The number of aryl methyl sites for hydroxylation is 2. The highest BCUT2D eigenvalue weighted by atomic mass is 32.2. The second-order valence-corrected chi connectivity index (χ2v) is 45.7. The summed E-state index contributed by atoms with van der Waals surface area (Å²) in [6, 6.07) is 135. The Hall–Kier alpha value is -7.99. The van der Waals surface area contributed by atoms with Crippen LogP contribution < -0.4 is 0 Å². The van der Waals surface area contributed by atoms with E-state index < -0.39 is 0 Å². The van der Waals surface area contributed by atoms with Gasteiger partial charge in [-0.2, -0.15) is 0 Å². The molecule has 4 fully saturated rings. The first-order chi connectivity index (χ1) is 55.7. The molecule has 4 aliphatic rings. The molecule has 4 saturated heterocycles. The largest absolute Gasteiger partial charge is 0.186 e. The van der Waals surface area contributed by atoms with Gasteiger partial charge in [-0.05, 0) is 246 Å². The zero-order valence-corrected chi connectivity index (χ0v) is 73.4. The van der Waals surface area contributed by atoms with Crippen LogP contribution in [-0.4, -0.2) is 64.8 Å². The summed E-state index contributed by atoms with van der Waals surface area (Å²) in [5, 5.41) is 9.43. The van der Waals surface area contributed by atoms with Crippen molar-refractivity contribution < 1.29 is 0 Å². The molecule has 113 heavy (non-hydrogen) atoms. The Morgan fingerprint density at radius 1 is 0.230 bits per heavy atom. The molecule has 0 amide bonds. The Kier molecular flexibility index (Phi) is 34.8. The van der Waals surface area contributed by atoms with Gasteiger partial charge in [0.25, 0.3) is 0 Å². The zero-order valence-electron chi connectivity index (χ0n) is 66.9. The fourth-order valence-electron chi connectivity index (χ4n) is 14.5. The molecule has 15 aromatic rings. The van der Waals surface area contributed by atoms with E-state index >= 15 is 0 Å². The minimum atomic E-state index is -0.0352. The molecule has 19 rings (SSSR count). The van der Waals surface area contributed by atoms with Crippen molar-refractivity contribution in [1.82, 2.24) is 0 Å². The molecule has 14 aromatic carbocycles. The molecular formula is C105H114S8+8. The smallest absolute Gasteiger partial charge is 0.0619 e. The van der Waals surface area contributed by atoms with Crippen LogP contribution in [0.1, 0.15) is 75.3 Å². The standard InChI is InChI=1S/C20H19S.C15H17S.C14H15S.C14H11S.C13H13S.C11H15S.C10H13S.C8H11S/c1-16-13-17(2)15-20(14-16)21(18-9-5-3-6-10-18)19-11-7-4-8-12-19;1-4-11-16(12-5-1)15-10-6-8-13-7-2-3-9-14(13)15;1-2-8-13-12(6-1)7-5-9-14(13)15-10-3-4-11-15;1-2-7-13(8-3-1)15-11-10-12-6-4-5-9-14(12)15;1-14(12-8-4-2-5-9-12)13-10-6-3-7-11-13;1-3-7-11(8-4-1)12-9-5-2-6-10-12;1-2-6-10(7-3-1)11-8-4-5-9-11;1-9(2)8-6-4-3-5-7-8/h3-15H,1-2H3;2-3,6-10H,1,4-5,11-12H2;1-2,5-9H,3-4,10-11H2;1-11H;2-11H,1H3;1,3-4,7-8H,2,5-6,9-10H2;1-3,6-7H,4-5,8-9H2;3-7H,1-2H3/q8*+1. The van der Waals surface area contributed by atoms with Crippen LogP contribution in [0.5, 0.6) is 0 Å². The van der Waals surface area contributed by atoms with E-state index in [1.54, 1.807) is 19.6 Å². The molecule has 1 atom stereocenters. The monoisotopic (exact) mass is 1630 g/mol. The number of hydrogen-bond donors (Lipinski definition) is 0. The van der Waals surface area contributed by atoms with Crippen LogP contribution in [0.25, 0.3) is 36.5 Å². The van der Waals surface area contributed by atoms with Crippen LogP contribution in [0.15, 0.2) is 430 Å². The topological polar surface area (TPSA) is 0 Å². The minimum Gasteiger partial charge on any atom is -0.0619 e. The first-order valence-corrected chi connectivity index (χ1v) is 52.8. The Morgan fingerprint density at radius 2 is 0.531 bits per heavy atom. The highest BCUT2D eigenvalue weighted by Crippen LogP contribution is 2.40. The van der Waals surface area contributed by atoms with E-state index in [1.807, 2.05) is 0 Å². The summed E-state index contributed by atoms with van der Waals surface area (Å²) in [5.41, 5.74) is 2.66. The van der Waals surface area contributed by atoms with Gasteiger partial charge in [0.2, 0.25) is 0 Å². The predicted molar refractivity (Wildman–Crippen MR) is 514 cm³/mol. The Labute approximate surface area is 701 Å². The number of benzene rings is 14. The molecule has 1 unspecified atom stereocenters. The van der Waals surface area contributed by atoms with E-state index in [0.717, 1.165) is 0 Å². The maximum absolute atomic E-state index is 2.34. The maximum Gasteiger partial charge on any atom is 0.186 e. The number of hydrogen-bond acceptors (Lipinski definition) is 0. The third kappa shape index (κ3) is 26.0. The normalized spacial score (nSPS) is 14.4. The second kappa shape index (κ2) is 46.5. The summed E-state index contributed by atoms with van der Waals surface area (Å²) < 4.78 is 1.45. The molecule has 0 N–H and O–H groups in total. The molecule has 1 aromatic heterocycles. The van der Waals surface area contributed by atoms with Gasteiger partial charge in [-0.15, -0.1) is 0 Å². The van der Waals surface area contributed by atoms with Gasteiger partial charge < -0.3 is 0 Å². The van der Waals surface area contributed by atoms with Crippen molar-refractivity contribution in [3.8, 4) is 4.90 Å². The Bertz CT molecular complexity index is 5030. The lowest BCUT2D eigenvalue weighted by atomic mass is 10.1. The molecular weight excluding hydrogens is 1520 g/mol. The van der Waals surface area contributed by atoms with Gasteiger partial charge in [0, 0.05) is 87.2 Å². The van der Waals surface area contributed by atoms with Crippen molar-refractivity contribution in [2.75, 3.05) is 64.8 Å². The number of fused-ring (bicyclic) bond motifs is 3. The predicted octanol–water partition coefficient (Wildman–Crippen LogP) is 28.2. The zero-order chi connectivity index (χ0) is 77.9. The van der Waals surface area contributed by atoms with Gasteiger partial charge in [0.05, 0.1) is 21.8 Å². The lowest BCUT2D eigenvalue weighted by Gasteiger charge is -2.14. The molecule has 0 bridgehead atoms. The van der Waals surface area contributed by atoms with Crippen molar-refractivity contribution in [1.29, 1.82) is 0 Å². The fraction of sp³-hybridized carbons (Fsp3) is 0.219. The first kappa shape index (κ1) is 84.4. The summed E-state index contributed by atoms with van der Waals surface area (Å²) >= 11 is 0. The fourth-order valence-corrected chi connectivity index (χ4v) is 30.4. The molecule has 0 radical (unpaired) electrons. The summed E-state index contributed by atoms with van der Waals surface area (Å²) in [5.74, 6) is 11.4. The average molecular weight is 1630 g/mol. The van der Waals surface area contributed by atoms with Crippen LogP contribution in [0.3, 0.4) is 0 Å². The highest BCUT2D eigenvalue weighted by molar-refractivity contribution is 7.98. The van der Waals surface area contributed by atoms with Crippen LogP contribution >= 0.6 is 10.5 Å². The molecule has 574 valence electrons. The highest BCUT2D eigenvalue weighted by Gasteiger charge is 2.32. The molecule has 8 heteroatoms. The second-order valence-electron chi connectivity index (χ2n) is 28.7. The van der Waals surface area contributed by atoms with Gasteiger partial charge >= 0.3 is 0 Å². The maximum atomic E-state index is 2.34. The SMILES string of the molecule is C[S+](C)c1ccccc1.C[S+](c1ccccc1)c1ccccc1.Cc1cc(C)cc([S+](c2ccccc2)c2ccccc2)c1.c1ccc(-[s+]2ccc3ccccc32)cc1.c1ccc([S+]2CCCC2)cc1.c1ccc([S+]2CCCCC2)cc1.c1ccc2c([S+]3CCCC3)cccc2c1.c1ccc2c([S+]3CCCCC3)cccc2c1. The lowest BCUT2D eigenvalue weighted by Crippen LogP contribution is -2.17. The van der Waals surface area contributed by atoms with E-state index in [1.165, 1.54) is 187 Å². The lowest BCUT2D eigenvalue weighted by molar-refractivity contribution is 0.756. The third-order valence-electron chi connectivity index (χ3n) is 20.2. The van der Waals surface area contributed by atoms with Crippen molar-refractivity contribution in [2.24, 2.45) is 0 Å². The van der Waals surface area contributed by atoms with Gasteiger partial charge in [-0.3, -0.25) is 0 Å². The van der Waals surface area contributed by atoms with Crippen LogP contribution in [0.2, 0.25) is 0 Å². The quantitative estimate of drug-likeness (QED) is 0.113. The number of rotatable bonds is 11. The summed E-state index contributed by atoms with van der Waals surface area (Å²) in [6.07, 6.45) is 21.1. The average Bonchev–Trinajstić information content (AvgIpc) is 1.72. The van der Waals surface area contributed by atoms with Gasteiger partial charge in [0.1, 0.15) is 70.2 Å². The van der Waals surface area contributed by atoms with E-state index in [0.29, 0.717) is 54.5 Å². The van der Waals surface area contributed by atoms with Crippen molar-refractivity contribution in [3.05, 3.63) is 393 Å². The molecule has 0 nitrogen and oxygen atoms in total. The first-order valence-electron chi connectivity index (χ1n) is 40.3. The van der Waals surface area contributed by atoms with Crippen LogP contribution in [-0.2, 0) is 76.3 Å². The Morgan fingerprint density at radius 3 is 0.912 bits per heavy atom. The molecule has 4 aliphatic heterocycles. The van der Waals surface area contributed by atoms with E-state index in [9.17, 15) is 0 Å². The van der Waals surface area contributed by atoms with Gasteiger partial charge in [-0.1, -0.05) is 224 Å². The third-order valence-corrected chi connectivity index (χ3v) is 37.7. The van der Waals surface area contributed by atoms with E-state index in [-0.39, 0.29) is 32.3 Å². The summed E-state index contributed by atoms with van der Waals surface area (Å²) in [4.78, 5) is 16.1. The molecule has 0 spiro atoms. The van der Waals surface area contributed by atoms with Crippen molar-refractivity contribution in [3.63, 3.8) is 0 Å². The van der Waals surface area contributed by atoms with Crippen molar-refractivity contribution >= 4 is 118 Å². The summed E-state index contributed by atoms with van der Waals surface area (Å²) in [6.45, 7) is 4.35. The molecule has 0 saturated carbocycles. The summed E-state index contributed by atoms with van der Waals surface area (Å²) in [7, 11) is 3.00. The number of thiophene rings is 1. The molecule has 0 aliphatic carbocycles. The van der Waals surface area contributed by atoms with Gasteiger partial charge in [0.15, 0.2) is 58.6 Å². The van der Waals surface area contributed by atoms with E-state index in [2.05, 4.69) is 414 Å². The van der Waals surface area contributed by atoms with E-state index in [4.69, 9.17) is 0 Å². The van der Waals surface area contributed by atoms with Crippen LogP contribution in [0.4, 0.5) is 0 Å². The minimum absolute atomic E-state index is 0.0352.